The lowest BCUT2D eigenvalue weighted by molar-refractivity contribution is -0.109. The van der Waals surface area contributed by atoms with Gasteiger partial charge in [-0.1, -0.05) is 26.7 Å². The van der Waals surface area contributed by atoms with Gasteiger partial charge in [-0.25, -0.2) is 4.39 Å². The van der Waals surface area contributed by atoms with Crippen molar-refractivity contribution in [2.75, 3.05) is 5.75 Å². The Balaban J connectivity index is 1.30. The molecule has 5 rings (SSSR count). The predicted molar refractivity (Wildman–Crippen MR) is 117 cm³/mol. The lowest BCUT2D eigenvalue weighted by atomic mass is 9.45. The van der Waals surface area contributed by atoms with Crippen LogP contribution in [0.3, 0.4) is 0 Å². The van der Waals surface area contributed by atoms with Crippen molar-refractivity contribution in [1.82, 2.24) is 0 Å². The fourth-order valence-electron chi connectivity index (χ4n) is 8.41. The van der Waals surface area contributed by atoms with E-state index in [1.54, 1.807) is 12.1 Å². The van der Waals surface area contributed by atoms with E-state index in [0.717, 1.165) is 29.6 Å². The molecule has 154 valence electrons. The molecule has 0 spiro atoms. The molecule has 0 unspecified atom stereocenters. The van der Waals surface area contributed by atoms with Crippen LogP contribution < -0.4 is 0 Å². The zero-order valence-electron chi connectivity index (χ0n) is 17.8. The molecule has 4 aliphatic rings. The van der Waals surface area contributed by atoms with E-state index < -0.39 is 0 Å². The van der Waals surface area contributed by atoms with Crippen LogP contribution in [0.5, 0.6) is 0 Å². The van der Waals surface area contributed by atoms with E-state index in [2.05, 4.69) is 13.8 Å². The van der Waals surface area contributed by atoms with Crippen LogP contribution in [0.4, 0.5) is 4.39 Å². The van der Waals surface area contributed by atoms with Crippen LogP contribution >= 0.6 is 11.8 Å². The number of halogens is 1. The number of hydrogen-bond donors (Lipinski definition) is 0. The van der Waals surface area contributed by atoms with Crippen molar-refractivity contribution in [3.05, 3.63) is 30.1 Å². The van der Waals surface area contributed by atoms with Crippen molar-refractivity contribution in [1.29, 1.82) is 0 Å². The fourth-order valence-corrected chi connectivity index (χ4v) is 9.68. The lowest BCUT2D eigenvalue weighted by Crippen LogP contribution is -2.52. The fraction of sp³-hybridized carbons (Fsp3) is 0.769. The molecule has 1 aromatic carbocycles. The van der Waals surface area contributed by atoms with E-state index in [1.165, 1.54) is 74.9 Å². The standard InChI is InChI=1S/C26H37FS/c1-25-15-4-3-5-18(25)6-12-22-23-13-7-19(26(23,2)16-14-24(22)25)17-28-21-10-8-20(27)9-11-21/h8-11,18-19,22-24H,3-7,12-17H2,1-2H3/t18-,19+,22-,23-,24-,25-,26+/m0/s1. The van der Waals surface area contributed by atoms with Gasteiger partial charge in [0.25, 0.3) is 0 Å². The molecule has 0 radical (unpaired) electrons. The molecule has 1 aromatic rings. The van der Waals surface area contributed by atoms with Gasteiger partial charge in [-0.15, -0.1) is 11.8 Å². The van der Waals surface area contributed by atoms with E-state index in [0.29, 0.717) is 10.8 Å². The molecular weight excluding hydrogens is 363 g/mol. The first-order valence-corrected chi connectivity index (χ1v) is 12.9. The van der Waals surface area contributed by atoms with E-state index >= 15 is 0 Å². The maximum Gasteiger partial charge on any atom is 0.123 e. The zero-order valence-corrected chi connectivity index (χ0v) is 18.6. The van der Waals surface area contributed by atoms with Crippen molar-refractivity contribution >= 4 is 11.8 Å². The van der Waals surface area contributed by atoms with E-state index in [1.807, 2.05) is 23.9 Å². The second-order valence-corrected chi connectivity index (χ2v) is 12.1. The maximum absolute atomic E-state index is 13.2. The van der Waals surface area contributed by atoms with E-state index in [4.69, 9.17) is 0 Å². The van der Waals surface area contributed by atoms with Gasteiger partial charge in [0.2, 0.25) is 0 Å². The Morgan fingerprint density at radius 2 is 1.64 bits per heavy atom. The molecule has 0 saturated heterocycles. The highest BCUT2D eigenvalue weighted by Gasteiger charge is 2.59. The molecule has 4 saturated carbocycles. The van der Waals surface area contributed by atoms with Crippen LogP contribution in [-0.4, -0.2) is 5.75 Å². The Kier molecular flexibility index (Phi) is 5.09. The number of hydrogen-bond acceptors (Lipinski definition) is 1. The average molecular weight is 401 g/mol. The molecular formula is C26H37FS. The van der Waals surface area contributed by atoms with Crippen LogP contribution in [0.1, 0.15) is 78.1 Å². The van der Waals surface area contributed by atoms with Gasteiger partial charge >= 0.3 is 0 Å². The van der Waals surface area contributed by atoms with Crippen molar-refractivity contribution in [2.45, 2.75) is 83.0 Å². The number of benzene rings is 1. The highest BCUT2D eigenvalue weighted by atomic mass is 32.2. The molecule has 0 aliphatic heterocycles. The van der Waals surface area contributed by atoms with E-state index in [-0.39, 0.29) is 5.82 Å². The molecule has 0 nitrogen and oxygen atoms in total. The summed E-state index contributed by atoms with van der Waals surface area (Å²) in [5, 5.41) is 0. The summed E-state index contributed by atoms with van der Waals surface area (Å²) in [7, 11) is 0. The SMILES string of the molecule is C[C@]12CCCC[C@H]1CC[C@@H]1[C@@H]2CC[C@]2(C)[C@@H](CSc3ccc(F)cc3)CC[C@@H]12. The van der Waals surface area contributed by atoms with Gasteiger partial charge in [-0.2, -0.15) is 0 Å². The quantitative estimate of drug-likeness (QED) is 0.464. The van der Waals surface area contributed by atoms with Crippen molar-refractivity contribution < 1.29 is 4.39 Å². The molecule has 4 fully saturated rings. The largest absolute Gasteiger partial charge is 0.207 e. The minimum atomic E-state index is -0.123. The van der Waals surface area contributed by atoms with Gasteiger partial charge in [-0.05, 0) is 116 Å². The lowest BCUT2D eigenvalue weighted by Gasteiger charge is -2.60. The zero-order chi connectivity index (χ0) is 19.4. The normalized spacial score (nSPS) is 45.2. The molecule has 0 bridgehead atoms. The number of rotatable bonds is 3. The third kappa shape index (κ3) is 3.08. The van der Waals surface area contributed by atoms with Gasteiger partial charge in [0.15, 0.2) is 0 Å². The van der Waals surface area contributed by atoms with Gasteiger partial charge in [-0.3, -0.25) is 0 Å². The summed E-state index contributed by atoms with van der Waals surface area (Å²) < 4.78 is 13.2. The molecule has 0 heterocycles. The summed E-state index contributed by atoms with van der Waals surface area (Å²) in [4.78, 5) is 1.23. The first-order valence-electron chi connectivity index (χ1n) is 11.9. The summed E-state index contributed by atoms with van der Waals surface area (Å²) in [6, 6.07) is 7.12. The first-order chi connectivity index (χ1) is 13.5. The molecule has 28 heavy (non-hydrogen) atoms. The Hall–Kier alpha value is -0.500. The third-order valence-electron chi connectivity index (χ3n) is 10.0. The van der Waals surface area contributed by atoms with Crippen LogP contribution in [0, 0.1) is 46.2 Å². The number of thioether (sulfide) groups is 1. The molecule has 7 atom stereocenters. The number of fused-ring (bicyclic) bond motifs is 5. The van der Waals surface area contributed by atoms with Crippen molar-refractivity contribution in [3.63, 3.8) is 0 Å². The van der Waals surface area contributed by atoms with Crippen molar-refractivity contribution in [2.24, 2.45) is 40.4 Å². The van der Waals surface area contributed by atoms with Gasteiger partial charge < -0.3 is 0 Å². The van der Waals surface area contributed by atoms with Gasteiger partial charge in [0.05, 0.1) is 0 Å². The Morgan fingerprint density at radius 3 is 2.46 bits per heavy atom. The Labute approximate surface area is 175 Å². The molecule has 0 aromatic heterocycles. The Bertz CT molecular complexity index is 699. The second kappa shape index (κ2) is 7.33. The summed E-state index contributed by atoms with van der Waals surface area (Å²) in [5.41, 5.74) is 1.20. The van der Waals surface area contributed by atoms with Crippen LogP contribution in [0.2, 0.25) is 0 Å². The second-order valence-electron chi connectivity index (χ2n) is 11.0. The van der Waals surface area contributed by atoms with Gasteiger partial charge in [0, 0.05) is 10.6 Å². The highest BCUT2D eigenvalue weighted by Crippen LogP contribution is 2.67. The smallest absolute Gasteiger partial charge is 0.123 e. The summed E-state index contributed by atoms with van der Waals surface area (Å²) >= 11 is 1.96. The Morgan fingerprint density at radius 1 is 0.857 bits per heavy atom. The highest BCUT2D eigenvalue weighted by molar-refractivity contribution is 7.99. The summed E-state index contributed by atoms with van der Waals surface area (Å²) in [6.45, 7) is 5.33. The van der Waals surface area contributed by atoms with Gasteiger partial charge in [0.1, 0.15) is 5.82 Å². The van der Waals surface area contributed by atoms with Crippen molar-refractivity contribution in [3.8, 4) is 0 Å². The minimum Gasteiger partial charge on any atom is -0.207 e. The molecule has 2 heteroatoms. The summed E-state index contributed by atoms with van der Waals surface area (Å²) in [5.74, 6) is 5.93. The topological polar surface area (TPSA) is 0 Å². The van der Waals surface area contributed by atoms with Crippen LogP contribution in [-0.2, 0) is 0 Å². The minimum absolute atomic E-state index is 0.123. The third-order valence-corrected chi connectivity index (χ3v) is 11.2. The predicted octanol–water partition coefficient (Wildman–Crippen LogP) is 7.97. The summed E-state index contributed by atoms with van der Waals surface area (Å²) in [6.07, 6.45) is 14.8. The monoisotopic (exact) mass is 400 g/mol. The first kappa shape index (κ1) is 19.5. The van der Waals surface area contributed by atoms with Crippen LogP contribution in [0.25, 0.3) is 0 Å². The van der Waals surface area contributed by atoms with Crippen LogP contribution in [0.15, 0.2) is 29.2 Å². The molecule has 0 amide bonds. The molecule has 0 N–H and O–H groups in total. The maximum atomic E-state index is 13.2. The molecule has 4 aliphatic carbocycles. The van der Waals surface area contributed by atoms with E-state index in [9.17, 15) is 4.39 Å². The average Bonchev–Trinajstić information content (AvgIpc) is 3.03.